The number of carbonyl (C=O) groups is 1. The topological polar surface area (TPSA) is 69.9 Å². The predicted molar refractivity (Wildman–Crippen MR) is 120 cm³/mol. The first-order chi connectivity index (χ1) is 14.7. The molecule has 0 bridgehead atoms. The molecule has 1 atom stereocenters. The highest BCUT2D eigenvalue weighted by Crippen LogP contribution is 2.34. The van der Waals surface area contributed by atoms with Crippen molar-refractivity contribution < 1.29 is 15.0 Å². The van der Waals surface area contributed by atoms with Crippen molar-refractivity contribution in [3.05, 3.63) is 95.3 Å². The van der Waals surface area contributed by atoms with E-state index >= 15 is 0 Å². The molecule has 1 aliphatic carbocycles. The average molecular weight is 399 g/mol. The Morgan fingerprint density at radius 1 is 0.933 bits per heavy atom. The SMILES string of the molecule is O=C1CC(c2ccccc2)CC(O)=C1C(Cc1cccc2ccccc12)=NCCO. The fourth-order valence-electron chi connectivity index (χ4n) is 4.22. The molecule has 0 spiro atoms. The van der Waals surface area contributed by atoms with Crippen LogP contribution >= 0.6 is 0 Å². The van der Waals surface area contributed by atoms with Gasteiger partial charge in [-0.1, -0.05) is 72.8 Å². The van der Waals surface area contributed by atoms with E-state index in [1.165, 1.54) is 0 Å². The summed E-state index contributed by atoms with van der Waals surface area (Å²) in [6.45, 7) is 0.0974. The van der Waals surface area contributed by atoms with Crippen molar-refractivity contribution in [1.29, 1.82) is 0 Å². The number of ketones is 1. The summed E-state index contributed by atoms with van der Waals surface area (Å²) in [7, 11) is 0. The van der Waals surface area contributed by atoms with Gasteiger partial charge in [0.05, 0.1) is 24.4 Å². The molecule has 4 rings (SSSR count). The number of hydrogen-bond donors (Lipinski definition) is 2. The molecule has 1 unspecified atom stereocenters. The molecular formula is C26H25NO3. The standard InChI is InChI=1S/C26H25NO3/c28-14-13-27-23(15-20-11-6-10-19-9-4-5-12-22(19)20)26-24(29)16-21(17-25(26)30)18-7-2-1-3-8-18/h1-12,21,28-29H,13-17H2. The van der Waals surface area contributed by atoms with Crippen molar-refractivity contribution in [1.82, 2.24) is 0 Å². The van der Waals surface area contributed by atoms with E-state index in [9.17, 15) is 15.0 Å². The van der Waals surface area contributed by atoms with Crippen molar-refractivity contribution in [3.8, 4) is 0 Å². The van der Waals surface area contributed by atoms with E-state index in [1.807, 2.05) is 54.6 Å². The van der Waals surface area contributed by atoms with Crippen LogP contribution in [0.25, 0.3) is 10.8 Å². The number of rotatable bonds is 6. The van der Waals surface area contributed by atoms with Crippen molar-refractivity contribution >= 4 is 22.3 Å². The second-order valence-corrected chi connectivity index (χ2v) is 7.63. The van der Waals surface area contributed by atoms with Crippen LogP contribution in [0.1, 0.15) is 29.9 Å². The van der Waals surface area contributed by atoms with E-state index in [1.54, 1.807) is 0 Å². The number of aliphatic imine (C=N–C) groups is 1. The van der Waals surface area contributed by atoms with E-state index in [2.05, 4.69) is 23.2 Å². The Bertz CT molecular complexity index is 1110. The quantitative estimate of drug-likeness (QED) is 0.587. The highest BCUT2D eigenvalue weighted by molar-refractivity contribution is 6.24. The third-order valence-electron chi connectivity index (χ3n) is 5.64. The molecule has 4 heteroatoms. The summed E-state index contributed by atoms with van der Waals surface area (Å²) in [6, 6.07) is 24.0. The predicted octanol–water partition coefficient (Wildman–Crippen LogP) is 4.77. The van der Waals surface area contributed by atoms with Crippen molar-refractivity contribution in [2.75, 3.05) is 13.2 Å². The Morgan fingerprint density at radius 2 is 1.67 bits per heavy atom. The smallest absolute Gasteiger partial charge is 0.168 e. The molecular weight excluding hydrogens is 374 g/mol. The number of allylic oxidation sites excluding steroid dienone is 2. The van der Waals surface area contributed by atoms with E-state index in [0.717, 1.165) is 21.9 Å². The van der Waals surface area contributed by atoms with Gasteiger partial charge in [-0.25, -0.2) is 0 Å². The first kappa shape index (κ1) is 20.0. The van der Waals surface area contributed by atoms with Gasteiger partial charge in [0.15, 0.2) is 5.78 Å². The largest absolute Gasteiger partial charge is 0.511 e. The second-order valence-electron chi connectivity index (χ2n) is 7.63. The van der Waals surface area contributed by atoms with Crippen LogP contribution in [-0.4, -0.2) is 34.9 Å². The van der Waals surface area contributed by atoms with E-state index < -0.39 is 0 Å². The minimum absolute atomic E-state index is 0.0286. The summed E-state index contributed by atoms with van der Waals surface area (Å²) >= 11 is 0. The lowest BCUT2D eigenvalue weighted by Crippen LogP contribution is -2.25. The van der Waals surface area contributed by atoms with Crippen LogP contribution < -0.4 is 0 Å². The first-order valence-electron chi connectivity index (χ1n) is 10.3. The van der Waals surface area contributed by atoms with Gasteiger partial charge in [-0.2, -0.15) is 0 Å². The fourth-order valence-corrected chi connectivity index (χ4v) is 4.22. The zero-order valence-electron chi connectivity index (χ0n) is 16.8. The number of aliphatic hydroxyl groups is 2. The summed E-state index contributed by atoms with van der Waals surface area (Å²) in [5, 5.41) is 22.4. The maximum Gasteiger partial charge on any atom is 0.168 e. The number of fused-ring (bicyclic) bond motifs is 1. The molecule has 0 amide bonds. The Labute approximate surface area is 176 Å². The lowest BCUT2D eigenvalue weighted by molar-refractivity contribution is -0.116. The van der Waals surface area contributed by atoms with Crippen LogP contribution in [-0.2, 0) is 11.2 Å². The van der Waals surface area contributed by atoms with Gasteiger partial charge in [0.1, 0.15) is 5.76 Å². The van der Waals surface area contributed by atoms with Crippen LogP contribution in [0.4, 0.5) is 0 Å². The summed E-state index contributed by atoms with van der Waals surface area (Å²) in [6.07, 6.45) is 1.19. The minimum atomic E-state index is -0.103. The van der Waals surface area contributed by atoms with E-state index in [-0.39, 0.29) is 30.6 Å². The molecule has 3 aromatic rings. The molecule has 0 radical (unpaired) electrons. The van der Waals surface area contributed by atoms with E-state index in [4.69, 9.17) is 0 Å². The number of Topliss-reactive ketones (excluding diaryl/α,β-unsaturated/α-hetero) is 1. The van der Waals surface area contributed by atoms with E-state index in [0.29, 0.717) is 30.5 Å². The molecule has 0 aliphatic heterocycles. The molecule has 4 nitrogen and oxygen atoms in total. The Hall–Kier alpha value is -3.24. The van der Waals surface area contributed by atoms with Crippen LogP contribution in [0, 0.1) is 0 Å². The van der Waals surface area contributed by atoms with Gasteiger partial charge in [0, 0.05) is 19.3 Å². The lowest BCUT2D eigenvalue weighted by atomic mass is 9.80. The van der Waals surface area contributed by atoms with Gasteiger partial charge in [-0.3, -0.25) is 9.79 Å². The maximum atomic E-state index is 13.1. The molecule has 3 aromatic carbocycles. The third kappa shape index (κ3) is 4.19. The van der Waals surface area contributed by atoms with Crippen LogP contribution in [0.3, 0.4) is 0 Å². The number of carbonyl (C=O) groups excluding carboxylic acids is 1. The molecule has 0 heterocycles. The lowest BCUT2D eigenvalue weighted by Gasteiger charge is -2.25. The molecule has 0 saturated heterocycles. The highest BCUT2D eigenvalue weighted by Gasteiger charge is 2.31. The Morgan fingerprint density at radius 3 is 2.43 bits per heavy atom. The summed E-state index contributed by atoms with van der Waals surface area (Å²) in [5.74, 6) is -0.0272. The Balaban J connectivity index is 1.69. The highest BCUT2D eigenvalue weighted by atomic mass is 16.3. The van der Waals surface area contributed by atoms with Crippen LogP contribution in [0.2, 0.25) is 0 Å². The van der Waals surface area contributed by atoms with Crippen LogP contribution in [0.5, 0.6) is 0 Å². The van der Waals surface area contributed by atoms with Crippen molar-refractivity contribution in [3.63, 3.8) is 0 Å². The molecule has 152 valence electrons. The zero-order chi connectivity index (χ0) is 20.9. The number of hydrogen-bond acceptors (Lipinski definition) is 4. The van der Waals surface area contributed by atoms with Crippen molar-refractivity contribution in [2.45, 2.75) is 25.2 Å². The second kappa shape index (κ2) is 9.06. The van der Waals surface area contributed by atoms with Gasteiger partial charge in [-0.15, -0.1) is 0 Å². The average Bonchev–Trinajstić information content (AvgIpc) is 2.77. The summed E-state index contributed by atoms with van der Waals surface area (Å²) in [5.41, 5.74) is 2.97. The normalized spacial score (nSPS) is 17.6. The molecule has 1 aliphatic rings. The number of benzene rings is 3. The van der Waals surface area contributed by atoms with Gasteiger partial charge in [0.25, 0.3) is 0 Å². The number of nitrogens with zero attached hydrogens (tertiary/aromatic N) is 1. The fraction of sp³-hybridized carbons (Fsp3) is 0.231. The first-order valence-corrected chi connectivity index (χ1v) is 10.3. The number of aliphatic hydroxyl groups excluding tert-OH is 2. The third-order valence-corrected chi connectivity index (χ3v) is 5.64. The Kier molecular flexibility index (Phi) is 6.05. The zero-order valence-corrected chi connectivity index (χ0v) is 16.8. The maximum absolute atomic E-state index is 13.1. The monoisotopic (exact) mass is 399 g/mol. The molecule has 0 fully saturated rings. The van der Waals surface area contributed by atoms with Crippen LogP contribution in [0.15, 0.2) is 89.1 Å². The summed E-state index contributed by atoms with van der Waals surface area (Å²) in [4.78, 5) is 17.6. The molecule has 30 heavy (non-hydrogen) atoms. The molecule has 2 N–H and O–H groups in total. The van der Waals surface area contributed by atoms with Gasteiger partial charge in [0.2, 0.25) is 0 Å². The molecule has 0 aromatic heterocycles. The minimum Gasteiger partial charge on any atom is -0.511 e. The summed E-state index contributed by atoms with van der Waals surface area (Å²) < 4.78 is 0. The van der Waals surface area contributed by atoms with Gasteiger partial charge in [-0.05, 0) is 27.8 Å². The van der Waals surface area contributed by atoms with Crippen molar-refractivity contribution in [2.24, 2.45) is 4.99 Å². The van der Waals surface area contributed by atoms with Gasteiger partial charge < -0.3 is 10.2 Å². The molecule has 0 saturated carbocycles. The van der Waals surface area contributed by atoms with Gasteiger partial charge >= 0.3 is 0 Å².